The standard InChI is InChI=1S/C24H23N3OS2/c1-4-29-21-10-6-5-9-19(21)23(28)27(15-18-8-7-11-25-14-18)24-26-20-12-16(2)17(3)13-22(20)30-24/h5-14H,4,15H2,1-3H3. The van der Waals surface area contributed by atoms with Crippen molar-refractivity contribution in [1.82, 2.24) is 9.97 Å². The molecule has 2 aromatic heterocycles. The van der Waals surface area contributed by atoms with Crippen molar-refractivity contribution in [1.29, 1.82) is 0 Å². The van der Waals surface area contributed by atoms with Crippen LogP contribution in [0, 0.1) is 13.8 Å². The maximum absolute atomic E-state index is 13.7. The molecule has 0 atom stereocenters. The maximum Gasteiger partial charge on any atom is 0.261 e. The summed E-state index contributed by atoms with van der Waals surface area (Å²) in [5.74, 6) is 0.870. The highest BCUT2D eigenvalue weighted by atomic mass is 32.2. The van der Waals surface area contributed by atoms with Gasteiger partial charge in [-0.2, -0.15) is 0 Å². The molecule has 0 fully saturated rings. The van der Waals surface area contributed by atoms with Crippen molar-refractivity contribution in [3.05, 3.63) is 83.2 Å². The van der Waals surface area contributed by atoms with E-state index in [1.165, 1.54) is 11.1 Å². The molecular weight excluding hydrogens is 410 g/mol. The molecule has 0 aliphatic carbocycles. The fraction of sp³-hybridized carbons (Fsp3) is 0.208. The number of carbonyl (C=O) groups is 1. The van der Waals surface area contributed by atoms with Gasteiger partial charge in [-0.05, 0) is 66.6 Å². The normalized spacial score (nSPS) is 11.0. The number of aromatic nitrogens is 2. The number of carbonyl (C=O) groups excluding carboxylic acids is 1. The van der Waals surface area contributed by atoms with E-state index in [9.17, 15) is 4.79 Å². The molecule has 2 aromatic carbocycles. The summed E-state index contributed by atoms with van der Waals surface area (Å²) < 4.78 is 1.09. The van der Waals surface area contributed by atoms with Crippen LogP contribution >= 0.6 is 23.1 Å². The second-order valence-corrected chi connectivity index (χ2v) is 9.40. The molecule has 0 aliphatic heterocycles. The third-order valence-electron chi connectivity index (χ3n) is 4.95. The predicted molar refractivity (Wildman–Crippen MR) is 127 cm³/mol. The van der Waals surface area contributed by atoms with E-state index in [-0.39, 0.29) is 5.91 Å². The number of benzene rings is 2. The molecule has 0 spiro atoms. The van der Waals surface area contributed by atoms with Gasteiger partial charge < -0.3 is 0 Å². The van der Waals surface area contributed by atoms with Gasteiger partial charge in [-0.15, -0.1) is 11.8 Å². The molecule has 152 valence electrons. The van der Waals surface area contributed by atoms with Gasteiger partial charge in [0.15, 0.2) is 5.13 Å². The predicted octanol–water partition coefficient (Wildman–Crippen LogP) is 6.27. The van der Waals surface area contributed by atoms with Gasteiger partial charge in [0.05, 0.1) is 22.3 Å². The van der Waals surface area contributed by atoms with Gasteiger partial charge in [-0.25, -0.2) is 4.98 Å². The first kappa shape index (κ1) is 20.6. The second-order valence-electron chi connectivity index (χ2n) is 7.08. The largest absolute Gasteiger partial charge is 0.279 e. The number of amides is 1. The van der Waals surface area contributed by atoms with Crippen LogP contribution in [0.5, 0.6) is 0 Å². The third kappa shape index (κ3) is 4.25. The average Bonchev–Trinajstić information content (AvgIpc) is 3.15. The van der Waals surface area contributed by atoms with Crippen LogP contribution in [-0.2, 0) is 6.54 Å². The molecule has 4 nitrogen and oxygen atoms in total. The first-order valence-electron chi connectivity index (χ1n) is 9.87. The number of anilines is 1. The molecule has 2 heterocycles. The number of fused-ring (bicyclic) bond motifs is 1. The van der Waals surface area contributed by atoms with Crippen molar-refractivity contribution < 1.29 is 4.79 Å². The number of hydrogen-bond donors (Lipinski definition) is 0. The Morgan fingerprint density at radius 1 is 1.10 bits per heavy atom. The Bertz CT molecular complexity index is 1150. The molecule has 0 saturated heterocycles. The summed E-state index contributed by atoms with van der Waals surface area (Å²) in [5.41, 5.74) is 5.04. The van der Waals surface area contributed by atoms with Gasteiger partial charge >= 0.3 is 0 Å². The van der Waals surface area contributed by atoms with Crippen molar-refractivity contribution in [3.8, 4) is 0 Å². The van der Waals surface area contributed by atoms with Crippen molar-refractivity contribution >= 4 is 44.4 Å². The van der Waals surface area contributed by atoms with E-state index in [1.807, 2.05) is 36.4 Å². The van der Waals surface area contributed by atoms with E-state index in [4.69, 9.17) is 4.98 Å². The van der Waals surface area contributed by atoms with Gasteiger partial charge in [0, 0.05) is 17.3 Å². The van der Waals surface area contributed by atoms with Crippen molar-refractivity contribution in [2.75, 3.05) is 10.7 Å². The van der Waals surface area contributed by atoms with Gasteiger partial charge in [-0.1, -0.05) is 36.5 Å². The summed E-state index contributed by atoms with van der Waals surface area (Å²) in [7, 11) is 0. The van der Waals surface area contributed by atoms with Crippen LogP contribution in [0.3, 0.4) is 0 Å². The lowest BCUT2D eigenvalue weighted by Gasteiger charge is -2.21. The van der Waals surface area contributed by atoms with E-state index in [2.05, 4.69) is 37.9 Å². The molecule has 0 N–H and O–H groups in total. The fourth-order valence-electron chi connectivity index (χ4n) is 3.25. The van der Waals surface area contributed by atoms with Gasteiger partial charge in [0.1, 0.15) is 0 Å². The Labute approximate surface area is 185 Å². The summed E-state index contributed by atoms with van der Waals surface area (Å²) in [6.45, 7) is 6.71. The Balaban J connectivity index is 1.80. The number of thioether (sulfide) groups is 1. The highest BCUT2D eigenvalue weighted by Gasteiger charge is 2.24. The highest BCUT2D eigenvalue weighted by Crippen LogP contribution is 2.33. The molecule has 0 saturated carbocycles. The summed E-state index contributed by atoms with van der Waals surface area (Å²) in [6.07, 6.45) is 3.54. The molecule has 1 amide bonds. The molecule has 6 heteroatoms. The molecule has 4 aromatic rings. The number of nitrogens with zero attached hydrogens (tertiary/aromatic N) is 3. The summed E-state index contributed by atoms with van der Waals surface area (Å²) in [5, 5.41) is 0.708. The number of aryl methyl sites for hydroxylation is 2. The van der Waals surface area contributed by atoms with E-state index >= 15 is 0 Å². The lowest BCUT2D eigenvalue weighted by Crippen LogP contribution is -2.30. The average molecular weight is 434 g/mol. The third-order valence-corrected chi connectivity index (χ3v) is 6.95. The minimum absolute atomic E-state index is 0.0390. The molecule has 0 aliphatic rings. The van der Waals surface area contributed by atoms with Crippen LogP contribution in [0.25, 0.3) is 10.2 Å². The van der Waals surface area contributed by atoms with Gasteiger partial charge in [0.25, 0.3) is 5.91 Å². The zero-order chi connectivity index (χ0) is 21.1. The first-order valence-corrected chi connectivity index (χ1v) is 11.7. The molecule has 4 rings (SSSR count). The monoisotopic (exact) mass is 433 g/mol. The SMILES string of the molecule is CCSc1ccccc1C(=O)N(Cc1cccnc1)c1nc2cc(C)c(C)cc2s1. The van der Waals surface area contributed by atoms with Crippen LogP contribution in [0.2, 0.25) is 0 Å². The summed E-state index contributed by atoms with van der Waals surface area (Å²) in [4.78, 5) is 25.5. The second kappa shape index (κ2) is 8.98. The van der Waals surface area contributed by atoms with Crippen LogP contribution in [0.4, 0.5) is 5.13 Å². The number of hydrogen-bond acceptors (Lipinski definition) is 5. The molecular formula is C24H23N3OS2. The van der Waals surface area contributed by atoms with Crippen LogP contribution in [0.15, 0.2) is 65.8 Å². The summed E-state index contributed by atoms with van der Waals surface area (Å²) in [6, 6.07) is 15.9. The number of rotatable bonds is 6. The molecule has 0 bridgehead atoms. The zero-order valence-electron chi connectivity index (χ0n) is 17.3. The fourth-order valence-corrected chi connectivity index (χ4v) is 5.09. The molecule has 0 radical (unpaired) electrons. The topological polar surface area (TPSA) is 46.1 Å². The zero-order valence-corrected chi connectivity index (χ0v) is 18.9. The van der Waals surface area contributed by atoms with Gasteiger partial charge in [0.2, 0.25) is 0 Å². The van der Waals surface area contributed by atoms with Crippen molar-refractivity contribution in [3.63, 3.8) is 0 Å². The lowest BCUT2D eigenvalue weighted by molar-refractivity contribution is 0.0982. The summed E-state index contributed by atoms with van der Waals surface area (Å²) >= 11 is 3.24. The molecule has 30 heavy (non-hydrogen) atoms. The number of pyridine rings is 1. The Hall–Kier alpha value is -2.70. The van der Waals surface area contributed by atoms with Crippen molar-refractivity contribution in [2.24, 2.45) is 0 Å². The Morgan fingerprint density at radius 3 is 2.67 bits per heavy atom. The smallest absolute Gasteiger partial charge is 0.261 e. The van der Waals surface area contributed by atoms with Crippen LogP contribution in [0.1, 0.15) is 34.0 Å². The first-order chi connectivity index (χ1) is 14.6. The Morgan fingerprint density at radius 2 is 1.90 bits per heavy atom. The van der Waals surface area contributed by atoms with Crippen LogP contribution in [-0.4, -0.2) is 21.6 Å². The Kier molecular flexibility index (Phi) is 6.16. The minimum atomic E-state index is -0.0390. The lowest BCUT2D eigenvalue weighted by atomic mass is 10.1. The minimum Gasteiger partial charge on any atom is -0.279 e. The molecule has 0 unspecified atom stereocenters. The number of thiazole rings is 1. The van der Waals surface area contributed by atoms with E-state index in [0.29, 0.717) is 17.2 Å². The quantitative estimate of drug-likeness (QED) is 0.336. The highest BCUT2D eigenvalue weighted by molar-refractivity contribution is 7.99. The van der Waals surface area contributed by atoms with E-state index in [1.54, 1.807) is 40.4 Å². The maximum atomic E-state index is 13.7. The van der Waals surface area contributed by atoms with Gasteiger partial charge in [-0.3, -0.25) is 14.7 Å². The van der Waals surface area contributed by atoms with E-state index < -0.39 is 0 Å². The van der Waals surface area contributed by atoms with Crippen molar-refractivity contribution in [2.45, 2.75) is 32.2 Å². The van der Waals surface area contributed by atoms with Crippen LogP contribution < -0.4 is 4.90 Å². The van der Waals surface area contributed by atoms with E-state index in [0.717, 1.165) is 26.4 Å².